The first kappa shape index (κ1) is 17.4. The van der Waals surface area contributed by atoms with Crippen LogP contribution >= 0.6 is 0 Å². The van der Waals surface area contributed by atoms with Gasteiger partial charge in [0.1, 0.15) is 11.4 Å². The third-order valence-electron chi connectivity index (χ3n) is 4.90. The summed E-state index contributed by atoms with van der Waals surface area (Å²) in [5.74, 6) is 1.51. The van der Waals surface area contributed by atoms with Crippen LogP contribution in [0.4, 0.5) is 10.7 Å². The molecule has 0 aromatic carbocycles. The molecule has 0 spiro atoms. The minimum atomic E-state index is -0.560. The zero-order valence-corrected chi connectivity index (χ0v) is 15.8. The van der Waals surface area contributed by atoms with E-state index in [0.717, 1.165) is 23.9 Å². The zero-order valence-electron chi connectivity index (χ0n) is 15.8. The van der Waals surface area contributed by atoms with Crippen molar-refractivity contribution in [2.75, 3.05) is 13.6 Å². The molecular formula is C18H26N5O2+. The van der Waals surface area contributed by atoms with Crippen molar-refractivity contribution in [3.8, 4) is 0 Å². The molecule has 0 N–H and O–H groups in total. The molecule has 1 aromatic rings. The van der Waals surface area contributed by atoms with E-state index in [2.05, 4.69) is 30.3 Å². The molecule has 0 saturated carbocycles. The Hall–Kier alpha value is -2.44. The van der Waals surface area contributed by atoms with Gasteiger partial charge in [-0.05, 0) is 26.7 Å². The molecule has 0 aliphatic carbocycles. The molecule has 2 aliphatic heterocycles. The number of aromatic nitrogens is 2. The molecule has 1 saturated heterocycles. The number of amides is 3. The fourth-order valence-corrected chi connectivity index (χ4v) is 3.46. The fourth-order valence-electron chi connectivity index (χ4n) is 3.46. The minimum absolute atomic E-state index is 0.214. The van der Waals surface area contributed by atoms with Gasteiger partial charge in [-0.25, -0.2) is 13.9 Å². The maximum Gasteiger partial charge on any atom is 0.402 e. The van der Waals surface area contributed by atoms with Crippen molar-refractivity contribution < 1.29 is 14.2 Å². The lowest BCUT2D eigenvalue weighted by Crippen LogP contribution is -2.57. The van der Waals surface area contributed by atoms with Crippen molar-refractivity contribution in [2.24, 2.45) is 10.9 Å². The maximum absolute atomic E-state index is 13.1. The number of urea groups is 1. The molecule has 1 unspecified atom stereocenters. The van der Waals surface area contributed by atoms with Gasteiger partial charge in [0, 0.05) is 13.6 Å². The van der Waals surface area contributed by atoms with E-state index in [0.29, 0.717) is 11.8 Å². The van der Waals surface area contributed by atoms with Crippen LogP contribution in [0.3, 0.4) is 0 Å². The van der Waals surface area contributed by atoms with Gasteiger partial charge in [-0.2, -0.15) is 0 Å². The molecule has 1 fully saturated rings. The van der Waals surface area contributed by atoms with Gasteiger partial charge in [0.05, 0.1) is 6.54 Å². The summed E-state index contributed by atoms with van der Waals surface area (Å²) in [6.07, 6.45) is 3.65. The summed E-state index contributed by atoms with van der Waals surface area (Å²) in [7, 11) is 1.69. The summed E-state index contributed by atoms with van der Waals surface area (Å²) >= 11 is 0. The van der Waals surface area contributed by atoms with Crippen LogP contribution in [-0.4, -0.2) is 45.7 Å². The zero-order chi connectivity index (χ0) is 18.5. The smallest absolute Gasteiger partial charge is 0.270 e. The van der Waals surface area contributed by atoms with E-state index < -0.39 is 6.04 Å². The topological polar surface area (TPSA) is 61.8 Å². The number of hydrogen-bond acceptors (Lipinski definition) is 3. The summed E-state index contributed by atoms with van der Waals surface area (Å²) in [5.41, 5.74) is 2.13. The Morgan fingerprint density at radius 3 is 2.56 bits per heavy atom. The first-order valence-electron chi connectivity index (χ1n) is 8.69. The first-order chi connectivity index (χ1) is 11.8. The van der Waals surface area contributed by atoms with Crippen molar-refractivity contribution in [2.45, 2.75) is 47.2 Å². The number of imidazole rings is 1. The normalized spacial score (nSPS) is 20.0. The molecule has 25 heavy (non-hydrogen) atoms. The number of hydrogen-bond donors (Lipinski definition) is 0. The summed E-state index contributed by atoms with van der Waals surface area (Å²) in [4.78, 5) is 33.1. The number of fused-ring (bicyclic) bond motifs is 3. The molecule has 3 amide bonds. The Balaban J connectivity index is 2.11. The van der Waals surface area contributed by atoms with Gasteiger partial charge in [-0.3, -0.25) is 14.6 Å². The molecular weight excluding hydrogens is 318 g/mol. The summed E-state index contributed by atoms with van der Waals surface area (Å²) in [5, 5.41) is 0. The van der Waals surface area contributed by atoms with E-state index >= 15 is 0 Å². The van der Waals surface area contributed by atoms with Crippen molar-refractivity contribution in [3.63, 3.8) is 0 Å². The van der Waals surface area contributed by atoms with Crippen LogP contribution in [0.15, 0.2) is 17.1 Å². The van der Waals surface area contributed by atoms with Crippen LogP contribution in [0.2, 0.25) is 0 Å². The molecule has 7 heteroatoms. The largest absolute Gasteiger partial charge is 0.402 e. The van der Waals surface area contributed by atoms with Crippen LogP contribution in [0.1, 0.15) is 38.2 Å². The van der Waals surface area contributed by atoms with Gasteiger partial charge in [-0.15, -0.1) is 0 Å². The van der Waals surface area contributed by atoms with Crippen LogP contribution in [0.5, 0.6) is 0 Å². The number of carbonyl (C=O) groups is 2. The molecule has 1 atom stereocenters. The Bertz CT molecular complexity index is 803. The third kappa shape index (κ3) is 2.49. The lowest BCUT2D eigenvalue weighted by molar-refractivity contribution is -0.694. The standard InChI is InChI=1S/C18H26N5O2/c1-7-8-9-21-16(24)14-15(20(6)18(21)25)19-17-22(10-11(2)3)12(4)13(5)23(14)17/h7-8,11,14H,9-10H2,1-6H3/q+1/b8-7+. The highest BCUT2D eigenvalue weighted by Gasteiger charge is 2.53. The van der Waals surface area contributed by atoms with Gasteiger partial charge in [0.2, 0.25) is 11.9 Å². The fraction of sp³-hybridized carbons (Fsp3) is 0.556. The van der Waals surface area contributed by atoms with E-state index in [-0.39, 0.29) is 18.5 Å². The Kier molecular flexibility index (Phi) is 4.26. The molecule has 2 aliphatic rings. The molecule has 0 radical (unpaired) electrons. The van der Waals surface area contributed by atoms with Crippen LogP contribution < -0.4 is 4.57 Å². The maximum atomic E-state index is 13.1. The van der Waals surface area contributed by atoms with Gasteiger partial charge in [0.15, 0.2) is 0 Å². The second-order valence-corrected chi connectivity index (χ2v) is 7.08. The summed E-state index contributed by atoms with van der Waals surface area (Å²) in [6.45, 7) is 11.3. The quantitative estimate of drug-likeness (QED) is 0.620. The number of nitrogens with zero attached hydrogens (tertiary/aromatic N) is 5. The monoisotopic (exact) mass is 344 g/mol. The molecule has 134 valence electrons. The van der Waals surface area contributed by atoms with E-state index in [1.54, 1.807) is 7.05 Å². The highest BCUT2D eigenvalue weighted by Crippen LogP contribution is 2.35. The number of allylic oxidation sites excluding steroid dienone is 1. The number of amidine groups is 1. The predicted molar refractivity (Wildman–Crippen MR) is 94.8 cm³/mol. The second-order valence-electron chi connectivity index (χ2n) is 7.08. The van der Waals surface area contributed by atoms with Crippen LogP contribution in [0, 0.1) is 19.8 Å². The third-order valence-corrected chi connectivity index (χ3v) is 4.90. The van der Waals surface area contributed by atoms with E-state index in [9.17, 15) is 9.59 Å². The highest BCUT2D eigenvalue weighted by molar-refractivity contribution is 6.20. The number of aliphatic imine (C=N–C) groups is 1. The average Bonchev–Trinajstić information content (AvgIpc) is 3.05. The van der Waals surface area contributed by atoms with E-state index in [1.807, 2.05) is 30.6 Å². The first-order valence-corrected chi connectivity index (χ1v) is 8.69. The van der Waals surface area contributed by atoms with Crippen molar-refractivity contribution in [1.82, 2.24) is 14.4 Å². The Morgan fingerprint density at radius 2 is 1.96 bits per heavy atom. The molecule has 7 nitrogen and oxygen atoms in total. The minimum Gasteiger partial charge on any atom is -0.270 e. The average molecular weight is 344 g/mol. The Labute approximate surface area is 148 Å². The van der Waals surface area contributed by atoms with Crippen LogP contribution in [-0.2, 0) is 11.3 Å². The SMILES string of the molecule is C/C=C/CN1C(=O)C2C(=Nc3n2c(C)c(C)[n+]3CC(C)C)N(C)C1=O. The molecule has 1 aromatic heterocycles. The number of carbonyl (C=O) groups excluding carboxylic acids is 2. The van der Waals surface area contributed by atoms with Gasteiger partial charge >= 0.3 is 12.0 Å². The molecule has 3 rings (SSSR count). The highest BCUT2D eigenvalue weighted by atomic mass is 16.2. The lowest BCUT2D eigenvalue weighted by atomic mass is 10.1. The van der Waals surface area contributed by atoms with Crippen molar-refractivity contribution in [1.29, 1.82) is 0 Å². The lowest BCUT2D eigenvalue weighted by Gasteiger charge is -2.32. The van der Waals surface area contributed by atoms with Crippen molar-refractivity contribution in [3.05, 3.63) is 23.5 Å². The van der Waals surface area contributed by atoms with E-state index in [4.69, 9.17) is 0 Å². The van der Waals surface area contributed by atoms with Crippen molar-refractivity contribution >= 4 is 23.7 Å². The number of rotatable bonds is 4. The predicted octanol–water partition coefficient (Wildman–Crippen LogP) is 2.10. The number of imide groups is 1. The van der Waals surface area contributed by atoms with Gasteiger partial charge in [0.25, 0.3) is 5.91 Å². The molecule has 3 heterocycles. The van der Waals surface area contributed by atoms with Gasteiger partial charge < -0.3 is 0 Å². The van der Waals surface area contributed by atoms with Crippen LogP contribution in [0.25, 0.3) is 0 Å². The number of likely N-dealkylation sites (N-methyl/N-ethyl adjacent to an activating group) is 1. The molecule has 0 bridgehead atoms. The Morgan fingerprint density at radius 1 is 1.28 bits per heavy atom. The summed E-state index contributed by atoms with van der Waals surface area (Å²) in [6, 6.07) is -0.885. The summed E-state index contributed by atoms with van der Waals surface area (Å²) < 4.78 is 4.12. The van der Waals surface area contributed by atoms with Gasteiger partial charge in [-0.1, -0.05) is 31.0 Å². The second kappa shape index (κ2) is 6.13. The van der Waals surface area contributed by atoms with E-state index in [1.165, 1.54) is 9.80 Å².